The van der Waals surface area contributed by atoms with Crippen LogP contribution in [0.3, 0.4) is 0 Å². The van der Waals surface area contributed by atoms with Gasteiger partial charge in [0.1, 0.15) is 0 Å². The summed E-state index contributed by atoms with van der Waals surface area (Å²) in [4.78, 5) is 11.9. The molecule has 0 bridgehead atoms. The molecule has 0 aliphatic heterocycles. The summed E-state index contributed by atoms with van der Waals surface area (Å²) >= 11 is 0. The van der Waals surface area contributed by atoms with E-state index in [1.54, 1.807) is 6.08 Å². The molecular formula is C17H17NO. The fraction of sp³-hybridized carbons (Fsp3) is 0.118. The highest BCUT2D eigenvalue weighted by atomic mass is 16.1. The monoisotopic (exact) mass is 251 g/mol. The molecule has 0 unspecified atom stereocenters. The van der Waals surface area contributed by atoms with Crippen LogP contribution in [0.15, 0.2) is 60.7 Å². The first-order chi connectivity index (χ1) is 9.29. The Hall–Kier alpha value is -2.35. The van der Waals surface area contributed by atoms with E-state index in [2.05, 4.69) is 12.2 Å². The zero-order valence-electron chi connectivity index (χ0n) is 11.0. The Morgan fingerprint density at radius 1 is 1.05 bits per heavy atom. The molecule has 96 valence electrons. The maximum Gasteiger partial charge on any atom is 0.248 e. The van der Waals surface area contributed by atoms with E-state index < -0.39 is 0 Å². The number of carbonyl (C=O) groups excluding carboxylic acids is 1. The van der Waals surface area contributed by atoms with Gasteiger partial charge >= 0.3 is 0 Å². The summed E-state index contributed by atoms with van der Waals surface area (Å²) in [6.07, 6.45) is 4.27. The van der Waals surface area contributed by atoms with Crippen molar-refractivity contribution in [3.05, 3.63) is 71.8 Å². The van der Waals surface area contributed by atoms with E-state index >= 15 is 0 Å². The van der Waals surface area contributed by atoms with Gasteiger partial charge in [-0.15, -0.1) is 0 Å². The highest BCUT2D eigenvalue weighted by molar-refractivity contribution is 6.02. The molecule has 0 atom stereocenters. The number of rotatable bonds is 4. The summed E-state index contributed by atoms with van der Waals surface area (Å²) in [5.74, 6) is -0.107. The van der Waals surface area contributed by atoms with Gasteiger partial charge in [-0.2, -0.15) is 0 Å². The van der Waals surface area contributed by atoms with Crippen LogP contribution < -0.4 is 5.32 Å². The number of nitrogens with one attached hydrogen (secondary N) is 1. The predicted molar refractivity (Wildman–Crippen MR) is 79.9 cm³/mol. The molecule has 19 heavy (non-hydrogen) atoms. The third-order valence-corrected chi connectivity index (χ3v) is 2.88. The van der Waals surface area contributed by atoms with Crippen LogP contribution in [0.4, 0.5) is 5.69 Å². The average molecular weight is 251 g/mol. The van der Waals surface area contributed by atoms with Crippen LogP contribution in [0.5, 0.6) is 0 Å². The molecule has 0 aliphatic rings. The Labute approximate surface area is 113 Å². The summed E-state index contributed by atoms with van der Waals surface area (Å²) in [5.41, 5.74) is 3.04. The van der Waals surface area contributed by atoms with Gasteiger partial charge in [0, 0.05) is 11.8 Å². The first-order valence-corrected chi connectivity index (χ1v) is 6.41. The Kier molecular flexibility index (Phi) is 4.51. The summed E-state index contributed by atoms with van der Waals surface area (Å²) in [7, 11) is 0. The van der Waals surface area contributed by atoms with Gasteiger partial charge in [-0.3, -0.25) is 4.79 Å². The van der Waals surface area contributed by atoms with Crippen LogP contribution in [0.25, 0.3) is 6.08 Å². The van der Waals surface area contributed by atoms with Gasteiger partial charge in [0.15, 0.2) is 0 Å². The number of amides is 1. The van der Waals surface area contributed by atoms with Crippen LogP contribution in [0, 0.1) is 0 Å². The number of aryl methyl sites for hydroxylation is 1. The minimum atomic E-state index is -0.107. The smallest absolute Gasteiger partial charge is 0.248 e. The fourth-order valence-electron chi connectivity index (χ4n) is 1.86. The normalized spacial score (nSPS) is 10.6. The van der Waals surface area contributed by atoms with Crippen molar-refractivity contribution in [1.82, 2.24) is 0 Å². The van der Waals surface area contributed by atoms with E-state index in [1.807, 2.05) is 60.7 Å². The van der Waals surface area contributed by atoms with Gasteiger partial charge < -0.3 is 5.32 Å². The zero-order valence-corrected chi connectivity index (χ0v) is 11.0. The van der Waals surface area contributed by atoms with Crippen molar-refractivity contribution in [3.63, 3.8) is 0 Å². The van der Waals surface area contributed by atoms with E-state index in [0.717, 1.165) is 23.2 Å². The lowest BCUT2D eigenvalue weighted by molar-refractivity contribution is -0.111. The summed E-state index contributed by atoms with van der Waals surface area (Å²) in [6, 6.07) is 17.6. The molecule has 2 heteroatoms. The van der Waals surface area contributed by atoms with E-state index in [4.69, 9.17) is 0 Å². The predicted octanol–water partition coefficient (Wildman–Crippen LogP) is 3.90. The van der Waals surface area contributed by atoms with Crippen molar-refractivity contribution in [2.24, 2.45) is 0 Å². The zero-order chi connectivity index (χ0) is 13.5. The summed E-state index contributed by atoms with van der Waals surface area (Å²) < 4.78 is 0. The Morgan fingerprint density at radius 2 is 1.74 bits per heavy atom. The van der Waals surface area contributed by atoms with Crippen LogP contribution in [-0.2, 0) is 11.2 Å². The SMILES string of the molecule is CCc1ccccc1NC(=O)/C=C\c1ccccc1. The molecule has 0 radical (unpaired) electrons. The summed E-state index contributed by atoms with van der Waals surface area (Å²) in [6.45, 7) is 2.07. The van der Waals surface area contributed by atoms with E-state index in [-0.39, 0.29) is 5.91 Å². The lowest BCUT2D eigenvalue weighted by Gasteiger charge is -2.07. The van der Waals surface area contributed by atoms with Crippen LogP contribution >= 0.6 is 0 Å². The second-order valence-electron chi connectivity index (χ2n) is 4.24. The van der Waals surface area contributed by atoms with Crippen molar-refractivity contribution in [2.75, 3.05) is 5.32 Å². The molecule has 0 heterocycles. The summed E-state index contributed by atoms with van der Waals surface area (Å²) in [5, 5.41) is 2.91. The Bertz CT molecular complexity index is 573. The minimum Gasteiger partial charge on any atom is -0.322 e. The number of hydrogen-bond acceptors (Lipinski definition) is 1. The van der Waals surface area contributed by atoms with Crippen molar-refractivity contribution in [3.8, 4) is 0 Å². The van der Waals surface area contributed by atoms with Gasteiger partial charge in [-0.25, -0.2) is 0 Å². The second-order valence-corrected chi connectivity index (χ2v) is 4.24. The molecule has 0 aromatic heterocycles. The second kappa shape index (κ2) is 6.55. The molecule has 0 spiro atoms. The average Bonchev–Trinajstić information content (AvgIpc) is 2.47. The lowest BCUT2D eigenvalue weighted by atomic mass is 10.1. The van der Waals surface area contributed by atoms with Crippen LogP contribution in [0.2, 0.25) is 0 Å². The van der Waals surface area contributed by atoms with Crippen LogP contribution in [0.1, 0.15) is 18.1 Å². The molecule has 0 saturated heterocycles. The molecule has 2 aromatic carbocycles. The largest absolute Gasteiger partial charge is 0.322 e. The number of benzene rings is 2. The highest BCUT2D eigenvalue weighted by Crippen LogP contribution is 2.15. The van der Waals surface area contributed by atoms with E-state index in [0.29, 0.717) is 0 Å². The first-order valence-electron chi connectivity index (χ1n) is 6.41. The van der Waals surface area contributed by atoms with Crippen LogP contribution in [-0.4, -0.2) is 5.91 Å². The number of hydrogen-bond donors (Lipinski definition) is 1. The Morgan fingerprint density at radius 3 is 2.47 bits per heavy atom. The standard InChI is InChI=1S/C17H17NO/c1-2-15-10-6-7-11-16(15)18-17(19)13-12-14-8-4-3-5-9-14/h3-13H,2H2,1H3,(H,18,19)/b13-12-. The first kappa shape index (κ1) is 13.1. The van der Waals surface area contributed by atoms with Gasteiger partial charge in [0.05, 0.1) is 0 Å². The fourth-order valence-corrected chi connectivity index (χ4v) is 1.86. The maximum atomic E-state index is 11.9. The highest BCUT2D eigenvalue weighted by Gasteiger charge is 2.01. The van der Waals surface area contributed by atoms with Crippen molar-refractivity contribution >= 4 is 17.7 Å². The Balaban J connectivity index is 2.04. The maximum absolute atomic E-state index is 11.9. The van der Waals surface area contributed by atoms with Crippen molar-refractivity contribution < 1.29 is 4.79 Å². The van der Waals surface area contributed by atoms with Gasteiger partial charge in [0.25, 0.3) is 0 Å². The quantitative estimate of drug-likeness (QED) is 0.820. The minimum absolute atomic E-state index is 0.107. The molecule has 0 saturated carbocycles. The number of carbonyl (C=O) groups is 1. The number of anilines is 1. The van der Waals surface area contributed by atoms with Crippen molar-refractivity contribution in [2.45, 2.75) is 13.3 Å². The van der Waals surface area contributed by atoms with E-state index in [1.165, 1.54) is 0 Å². The van der Waals surface area contributed by atoms with Gasteiger partial charge in [0.2, 0.25) is 5.91 Å². The molecule has 2 aromatic rings. The van der Waals surface area contributed by atoms with Gasteiger partial charge in [-0.05, 0) is 29.7 Å². The molecule has 1 amide bonds. The third-order valence-electron chi connectivity index (χ3n) is 2.88. The number of para-hydroxylation sites is 1. The lowest BCUT2D eigenvalue weighted by Crippen LogP contribution is -2.09. The molecule has 2 rings (SSSR count). The molecule has 0 aliphatic carbocycles. The topological polar surface area (TPSA) is 29.1 Å². The van der Waals surface area contributed by atoms with E-state index in [9.17, 15) is 4.79 Å². The molecule has 0 fully saturated rings. The molecule has 1 N–H and O–H groups in total. The van der Waals surface area contributed by atoms with Crippen molar-refractivity contribution in [1.29, 1.82) is 0 Å². The molecular weight excluding hydrogens is 234 g/mol. The third kappa shape index (κ3) is 3.81. The van der Waals surface area contributed by atoms with Gasteiger partial charge in [-0.1, -0.05) is 55.5 Å². The molecule has 2 nitrogen and oxygen atoms in total.